The van der Waals surface area contributed by atoms with E-state index >= 15 is 0 Å². The lowest BCUT2D eigenvalue weighted by atomic mass is 10.0. The smallest absolute Gasteiger partial charge is 0.0593 e. The number of likely N-dealkylation sites (N-methyl/N-ethyl adjacent to an activating group) is 1. The van der Waals surface area contributed by atoms with E-state index in [4.69, 9.17) is 16.3 Å². The lowest BCUT2D eigenvalue weighted by Crippen LogP contribution is -2.28. The number of ether oxygens (including phenoxy) is 1. The Balaban J connectivity index is 1.66. The van der Waals surface area contributed by atoms with Gasteiger partial charge in [0.1, 0.15) is 0 Å². The Morgan fingerprint density at radius 3 is 2.86 bits per heavy atom. The first-order chi connectivity index (χ1) is 10.2. The molecule has 0 saturated heterocycles. The Labute approximate surface area is 133 Å². The van der Waals surface area contributed by atoms with Crippen LogP contribution < -0.4 is 5.32 Å². The van der Waals surface area contributed by atoms with Gasteiger partial charge in [0.05, 0.1) is 6.61 Å². The summed E-state index contributed by atoms with van der Waals surface area (Å²) in [4.78, 5) is 2.34. The predicted octanol–water partition coefficient (Wildman–Crippen LogP) is 3.35. The van der Waals surface area contributed by atoms with Gasteiger partial charge in [0.15, 0.2) is 0 Å². The van der Waals surface area contributed by atoms with E-state index in [1.165, 1.54) is 18.4 Å². The molecule has 1 fully saturated rings. The van der Waals surface area contributed by atoms with Crippen molar-refractivity contribution in [2.75, 3.05) is 40.4 Å². The third kappa shape index (κ3) is 6.35. The summed E-state index contributed by atoms with van der Waals surface area (Å²) in [5.74, 6) is 0.854. The van der Waals surface area contributed by atoms with Gasteiger partial charge in [0.25, 0.3) is 0 Å². The van der Waals surface area contributed by atoms with Gasteiger partial charge < -0.3 is 15.0 Å². The van der Waals surface area contributed by atoms with Crippen molar-refractivity contribution < 1.29 is 4.74 Å². The molecule has 0 radical (unpaired) electrons. The van der Waals surface area contributed by atoms with Crippen LogP contribution in [0.15, 0.2) is 24.3 Å². The lowest BCUT2D eigenvalue weighted by Gasteiger charge is -2.22. The van der Waals surface area contributed by atoms with Crippen LogP contribution in [0.1, 0.15) is 30.9 Å². The highest BCUT2D eigenvalue weighted by atomic mass is 35.5. The molecule has 1 aromatic rings. The van der Waals surface area contributed by atoms with Gasteiger partial charge >= 0.3 is 0 Å². The summed E-state index contributed by atoms with van der Waals surface area (Å²) in [5, 5.41) is 4.18. The molecule has 1 aliphatic rings. The first-order valence-corrected chi connectivity index (χ1v) is 8.26. The summed E-state index contributed by atoms with van der Waals surface area (Å²) < 4.78 is 5.69. The topological polar surface area (TPSA) is 24.5 Å². The van der Waals surface area contributed by atoms with Gasteiger partial charge in [0.2, 0.25) is 0 Å². The van der Waals surface area contributed by atoms with Crippen LogP contribution >= 0.6 is 11.6 Å². The Hall–Kier alpha value is -0.610. The number of hydrogen-bond acceptors (Lipinski definition) is 3. The zero-order valence-electron chi connectivity index (χ0n) is 13.1. The van der Waals surface area contributed by atoms with Crippen molar-refractivity contribution in [3.63, 3.8) is 0 Å². The minimum atomic E-state index is 0.346. The Morgan fingerprint density at radius 1 is 1.38 bits per heavy atom. The van der Waals surface area contributed by atoms with Crippen LogP contribution in [0.25, 0.3) is 0 Å². The Morgan fingerprint density at radius 2 is 2.19 bits per heavy atom. The van der Waals surface area contributed by atoms with Crippen LogP contribution in [0, 0.1) is 5.92 Å². The molecular weight excluding hydrogens is 284 g/mol. The zero-order valence-corrected chi connectivity index (χ0v) is 13.9. The molecule has 0 aliphatic heterocycles. The number of benzene rings is 1. The summed E-state index contributed by atoms with van der Waals surface area (Å²) >= 11 is 6.07. The molecule has 4 heteroatoms. The molecule has 0 aromatic heterocycles. The lowest BCUT2D eigenvalue weighted by molar-refractivity contribution is 0.102. The van der Waals surface area contributed by atoms with Gasteiger partial charge in [-0.05, 0) is 63.5 Å². The highest BCUT2D eigenvalue weighted by Gasteiger charge is 2.21. The molecule has 1 atom stereocenters. The fourth-order valence-electron chi connectivity index (χ4n) is 2.42. The molecule has 0 bridgehead atoms. The quantitative estimate of drug-likeness (QED) is 0.671. The normalized spacial score (nSPS) is 16.4. The molecule has 1 unspecified atom stereocenters. The molecule has 1 N–H and O–H groups in total. The second-order valence-corrected chi connectivity index (χ2v) is 6.44. The molecule has 118 valence electrons. The van der Waals surface area contributed by atoms with Crippen molar-refractivity contribution in [2.45, 2.75) is 25.3 Å². The second-order valence-electron chi connectivity index (χ2n) is 6.01. The Kier molecular flexibility index (Phi) is 6.97. The van der Waals surface area contributed by atoms with Crippen molar-refractivity contribution >= 4 is 11.6 Å². The van der Waals surface area contributed by atoms with Crippen LogP contribution in [-0.4, -0.2) is 45.3 Å². The fraction of sp³-hybridized carbons (Fsp3) is 0.647. The summed E-state index contributed by atoms with van der Waals surface area (Å²) in [6, 6.07) is 8.45. The van der Waals surface area contributed by atoms with Crippen molar-refractivity contribution in [3.05, 3.63) is 34.9 Å². The van der Waals surface area contributed by atoms with Crippen molar-refractivity contribution in [1.82, 2.24) is 10.2 Å². The number of nitrogens with zero attached hydrogens (tertiary/aromatic N) is 1. The molecule has 0 amide bonds. The molecular formula is C17H27ClN2O. The molecule has 1 aromatic carbocycles. The van der Waals surface area contributed by atoms with E-state index in [9.17, 15) is 0 Å². The molecule has 0 heterocycles. The Bertz CT molecular complexity index is 423. The minimum absolute atomic E-state index is 0.346. The monoisotopic (exact) mass is 310 g/mol. The highest BCUT2D eigenvalue weighted by molar-refractivity contribution is 6.30. The van der Waals surface area contributed by atoms with Crippen LogP contribution in [0.2, 0.25) is 5.02 Å². The highest BCUT2D eigenvalue weighted by Crippen LogP contribution is 2.28. The molecule has 21 heavy (non-hydrogen) atoms. The molecule has 0 spiro atoms. The molecule has 1 saturated carbocycles. The van der Waals surface area contributed by atoms with Gasteiger partial charge in [0, 0.05) is 24.2 Å². The first-order valence-electron chi connectivity index (χ1n) is 7.88. The predicted molar refractivity (Wildman–Crippen MR) is 88.9 cm³/mol. The number of hydrogen-bond donors (Lipinski definition) is 1. The van der Waals surface area contributed by atoms with Gasteiger partial charge in [-0.1, -0.05) is 23.7 Å². The van der Waals surface area contributed by atoms with Gasteiger partial charge in [-0.3, -0.25) is 0 Å². The third-order valence-corrected chi connectivity index (χ3v) is 4.30. The zero-order chi connectivity index (χ0) is 15.1. The third-order valence-electron chi connectivity index (χ3n) is 4.07. The van der Waals surface area contributed by atoms with Crippen molar-refractivity contribution in [3.8, 4) is 0 Å². The fourth-order valence-corrected chi connectivity index (χ4v) is 2.62. The van der Waals surface area contributed by atoms with Gasteiger partial charge in [-0.15, -0.1) is 0 Å². The van der Waals surface area contributed by atoms with Crippen LogP contribution in [0.5, 0.6) is 0 Å². The number of nitrogens with one attached hydrogen (secondary N) is 1. The van der Waals surface area contributed by atoms with Crippen LogP contribution in [-0.2, 0) is 4.74 Å². The second kappa shape index (κ2) is 8.74. The minimum Gasteiger partial charge on any atom is -0.380 e. The molecule has 3 nitrogen and oxygen atoms in total. The van der Waals surface area contributed by atoms with E-state index in [1.807, 2.05) is 25.2 Å². The maximum atomic E-state index is 6.07. The van der Waals surface area contributed by atoms with E-state index in [-0.39, 0.29) is 0 Å². The average Bonchev–Trinajstić information content (AvgIpc) is 3.28. The van der Waals surface area contributed by atoms with Gasteiger partial charge in [-0.25, -0.2) is 0 Å². The van der Waals surface area contributed by atoms with E-state index in [2.05, 4.69) is 23.3 Å². The van der Waals surface area contributed by atoms with E-state index in [0.717, 1.165) is 43.7 Å². The summed E-state index contributed by atoms with van der Waals surface area (Å²) in [7, 11) is 4.16. The largest absolute Gasteiger partial charge is 0.380 e. The van der Waals surface area contributed by atoms with E-state index < -0.39 is 0 Å². The van der Waals surface area contributed by atoms with Crippen molar-refractivity contribution in [2.24, 2.45) is 5.92 Å². The average molecular weight is 311 g/mol. The van der Waals surface area contributed by atoms with E-state index in [0.29, 0.717) is 6.04 Å². The van der Waals surface area contributed by atoms with E-state index in [1.54, 1.807) is 0 Å². The first kappa shape index (κ1) is 16.8. The summed E-state index contributed by atoms with van der Waals surface area (Å²) in [5.41, 5.74) is 1.25. The number of halogens is 1. The standard InChI is InChI=1S/C17H27ClN2O/c1-19-17(15-4-3-5-16(18)12-15)8-9-20(2)10-11-21-13-14-6-7-14/h3-5,12,14,17,19H,6-11,13H2,1-2H3. The summed E-state index contributed by atoms with van der Waals surface area (Å²) in [6.45, 7) is 3.84. The SMILES string of the molecule is CNC(CCN(C)CCOCC1CC1)c1cccc(Cl)c1. The number of rotatable bonds is 10. The summed E-state index contributed by atoms with van der Waals surface area (Å²) in [6.07, 6.45) is 3.79. The molecule has 1 aliphatic carbocycles. The maximum Gasteiger partial charge on any atom is 0.0593 e. The van der Waals surface area contributed by atoms with Crippen LogP contribution in [0.3, 0.4) is 0 Å². The van der Waals surface area contributed by atoms with Gasteiger partial charge in [-0.2, -0.15) is 0 Å². The molecule has 2 rings (SSSR count). The van der Waals surface area contributed by atoms with Crippen molar-refractivity contribution in [1.29, 1.82) is 0 Å². The van der Waals surface area contributed by atoms with Crippen LogP contribution in [0.4, 0.5) is 0 Å². The maximum absolute atomic E-state index is 6.07.